The second kappa shape index (κ2) is 9.96. The third-order valence-corrected chi connectivity index (χ3v) is 6.56. The molecule has 1 amide bonds. The number of aryl methyl sites for hydroxylation is 2. The zero-order chi connectivity index (χ0) is 25.2. The van der Waals surface area contributed by atoms with E-state index < -0.39 is 18.5 Å². The summed E-state index contributed by atoms with van der Waals surface area (Å²) in [5.41, 5.74) is 3.76. The molecule has 0 unspecified atom stereocenters. The van der Waals surface area contributed by atoms with Crippen molar-refractivity contribution in [1.82, 2.24) is 19.4 Å². The number of aromatic nitrogens is 3. The maximum atomic E-state index is 12.9. The van der Waals surface area contributed by atoms with E-state index in [4.69, 9.17) is 5.26 Å². The highest BCUT2D eigenvalue weighted by atomic mass is 19.4. The number of fused-ring (bicyclic) bond motifs is 1. The zero-order valence-electron chi connectivity index (χ0n) is 19.5. The Morgan fingerprint density at radius 3 is 2.77 bits per heavy atom. The summed E-state index contributed by atoms with van der Waals surface area (Å²) in [6.07, 6.45) is -1.51. The van der Waals surface area contributed by atoms with Gasteiger partial charge in [0.15, 0.2) is 0 Å². The number of H-pyrrole nitrogens is 1. The van der Waals surface area contributed by atoms with Gasteiger partial charge >= 0.3 is 6.18 Å². The van der Waals surface area contributed by atoms with Crippen LogP contribution in [0.3, 0.4) is 0 Å². The third-order valence-electron chi connectivity index (χ3n) is 6.56. The molecule has 4 rings (SSSR count). The van der Waals surface area contributed by atoms with Crippen molar-refractivity contribution in [3.8, 4) is 6.07 Å². The summed E-state index contributed by atoms with van der Waals surface area (Å²) in [6.45, 7) is 7.74. The molecule has 2 N–H and O–H groups in total. The standard InChI is InChI=1S/C25H27F3N6O/c1-3-24(35)32-23-14-30-22(6-9-25(26,27)28)34(23)19-7-10-33(11-8-19)15-17-4-5-21-20(16(17)2)12-18(13-29)31-21/h3-5,12,14,19,31H,1,6-11,15H2,2H3,(H,32,35). The molecule has 1 fully saturated rings. The molecular weight excluding hydrogens is 457 g/mol. The van der Waals surface area contributed by atoms with Crippen LogP contribution in [0.2, 0.25) is 0 Å². The normalized spacial score (nSPS) is 15.3. The lowest BCUT2D eigenvalue weighted by molar-refractivity contribution is -0.134. The molecule has 35 heavy (non-hydrogen) atoms. The first-order chi connectivity index (χ1) is 16.7. The number of anilines is 1. The number of piperidine rings is 1. The molecule has 0 aliphatic carbocycles. The van der Waals surface area contributed by atoms with Crippen LogP contribution in [0.5, 0.6) is 0 Å². The van der Waals surface area contributed by atoms with Gasteiger partial charge in [-0.15, -0.1) is 0 Å². The van der Waals surface area contributed by atoms with Crippen LogP contribution in [-0.2, 0) is 17.8 Å². The lowest BCUT2D eigenvalue weighted by Crippen LogP contribution is -2.35. The van der Waals surface area contributed by atoms with Crippen molar-refractivity contribution in [3.63, 3.8) is 0 Å². The van der Waals surface area contributed by atoms with Gasteiger partial charge in [0.1, 0.15) is 23.4 Å². The molecular formula is C25H27F3N6O. The number of nitrogens with one attached hydrogen (secondary N) is 2. The lowest BCUT2D eigenvalue weighted by atomic mass is 10.0. The highest BCUT2D eigenvalue weighted by molar-refractivity contribution is 5.98. The van der Waals surface area contributed by atoms with Gasteiger partial charge in [0.2, 0.25) is 5.91 Å². The van der Waals surface area contributed by atoms with Crippen LogP contribution in [0.1, 0.15) is 47.9 Å². The lowest BCUT2D eigenvalue weighted by Gasteiger charge is -2.34. The number of imidazole rings is 1. The second-order valence-corrected chi connectivity index (χ2v) is 8.85. The van der Waals surface area contributed by atoms with Crippen molar-refractivity contribution in [2.45, 2.75) is 51.4 Å². The van der Waals surface area contributed by atoms with Crippen molar-refractivity contribution < 1.29 is 18.0 Å². The van der Waals surface area contributed by atoms with Crippen molar-refractivity contribution >= 4 is 22.6 Å². The number of nitriles is 1. The molecule has 1 aliphatic rings. The predicted octanol–water partition coefficient (Wildman–Crippen LogP) is 5.00. The van der Waals surface area contributed by atoms with Crippen molar-refractivity contribution in [2.75, 3.05) is 18.4 Å². The van der Waals surface area contributed by atoms with E-state index >= 15 is 0 Å². The largest absolute Gasteiger partial charge is 0.389 e. The number of aromatic amines is 1. The number of alkyl halides is 3. The van der Waals surface area contributed by atoms with E-state index in [9.17, 15) is 18.0 Å². The molecule has 2 aromatic heterocycles. The van der Waals surface area contributed by atoms with Gasteiger partial charge in [0.05, 0.1) is 12.6 Å². The minimum Gasteiger partial charge on any atom is -0.346 e. The zero-order valence-corrected chi connectivity index (χ0v) is 19.5. The third kappa shape index (κ3) is 5.57. The van der Waals surface area contributed by atoms with E-state index in [1.165, 1.54) is 11.8 Å². The summed E-state index contributed by atoms with van der Waals surface area (Å²) >= 11 is 0. The molecule has 3 heterocycles. The fraction of sp³-hybridized carbons (Fsp3) is 0.400. The predicted molar refractivity (Wildman–Crippen MR) is 127 cm³/mol. The molecule has 0 bridgehead atoms. The maximum absolute atomic E-state index is 12.9. The van der Waals surface area contributed by atoms with Crippen molar-refractivity contribution in [2.24, 2.45) is 0 Å². The fourth-order valence-corrected chi connectivity index (χ4v) is 4.72. The molecule has 0 spiro atoms. The van der Waals surface area contributed by atoms with E-state index in [2.05, 4.69) is 38.9 Å². The smallest absolute Gasteiger partial charge is 0.346 e. The van der Waals surface area contributed by atoms with Gasteiger partial charge in [0, 0.05) is 43.0 Å². The number of amides is 1. The summed E-state index contributed by atoms with van der Waals surface area (Å²) in [6, 6.07) is 7.98. The Hall–Kier alpha value is -3.58. The monoisotopic (exact) mass is 484 g/mol. The van der Waals surface area contributed by atoms with Gasteiger partial charge in [-0.1, -0.05) is 12.6 Å². The number of hydrogen-bond acceptors (Lipinski definition) is 4. The fourth-order valence-electron chi connectivity index (χ4n) is 4.72. The van der Waals surface area contributed by atoms with Gasteiger partial charge in [0.25, 0.3) is 0 Å². The van der Waals surface area contributed by atoms with E-state index in [0.717, 1.165) is 55.0 Å². The first kappa shape index (κ1) is 24.5. The number of rotatable bonds is 7. The Morgan fingerprint density at radius 1 is 1.37 bits per heavy atom. The minimum absolute atomic E-state index is 0.0662. The number of nitrogens with zero attached hydrogens (tertiary/aromatic N) is 4. The van der Waals surface area contributed by atoms with Gasteiger partial charge in [-0.05, 0) is 49.1 Å². The second-order valence-electron chi connectivity index (χ2n) is 8.85. The topological polar surface area (TPSA) is 89.7 Å². The molecule has 3 aromatic rings. The molecule has 0 atom stereocenters. The van der Waals surface area contributed by atoms with E-state index in [0.29, 0.717) is 17.3 Å². The van der Waals surface area contributed by atoms with Crippen LogP contribution in [0, 0.1) is 18.3 Å². The Labute approximate surface area is 201 Å². The summed E-state index contributed by atoms with van der Waals surface area (Å²) in [4.78, 5) is 21.5. The SMILES string of the molecule is C=CC(=O)Nc1cnc(CCC(F)(F)F)n1C1CCN(Cc2ccc3[nH]c(C#N)cc3c2C)CC1. The Balaban J connectivity index is 1.48. The Morgan fingerprint density at radius 2 is 2.11 bits per heavy atom. The Kier molecular flexibility index (Phi) is 6.98. The van der Waals surface area contributed by atoms with E-state index in [1.54, 1.807) is 4.57 Å². The number of halogens is 3. The molecule has 1 aromatic carbocycles. The van der Waals surface area contributed by atoms with Gasteiger partial charge in [-0.25, -0.2) is 4.98 Å². The van der Waals surface area contributed by atoms with Crippen LogP contribution in [0.25, 0.3) is 10.9 Å². The van der Waals surface area contributed by atoms with Gasteiger partial charge in [-0.2, -0.15) is 18.4 Å². The number of hydrogen-bond donors (Lipinski definition) is 2. The molecule has 10 heteroatoms. The molecule has 0 saturated carbocycles. The van der Waals surface area contributed by atoms with Crippen LogP contribution in [0.15, 0.2) is 37.1 Å². The summed E-state index contributed by atoms with van der Waals surface area (Å²) in [5.74, 6) is 0.288. The molecule has 1 saturated heterocycles. The molecule has 184 valence electrons. The van der Waals surface area contributed by atoms with Crippen LogP contribution in [-0.4, -0.2) is 44.6 Å². The average Bonchev–Trinajstić information content (AvgIpc) is 3.44. The molecule has 7 nitrogen and oxygen atoms in total. The van der Waals surface area contributed by atoms with E-state index in [1.807, 2.05) is 19.1 Å². The van der Waals surface area contributed by atoms with Crippen molar-refractivity contribution in [1.29, 1.82) is 5.26 Å². The Bertz CT molecular complexity index is 1270. The van der Waals surface area contributed by atoms with Crippen LogP contribution in [0.4, 0.5) is 19.0 Å². The van der Waals surface area contributed by atoms with Crippen molar-refractivity contribution in [3.05, 3.63) is 59.7 Å². The highest BCUT2D eigenvalue weighted by Crippen LogP contribution is 2.32. The summed E-state index contributed by atoms with van der Waals surface area (Å²) < 4.78 is 40.3. The van der Waals surface area contributed by atoms with E-state index in [-0.39, 0.29) is 12.5 Å². The number of carbonyl (C=O) groups is 1. The van der Waals surface area contributed by atoms with Crippen LogP contribution < -0.4 is 5.32 Å². The summed E-state index contributed by atoms with van der Waals surface area (Å²) in [7, 11) is 0. The summed E-state index contributed by atoms with van der Waals surface area (Å²) in [5, 5.41) is 12.9. The van der Waals surface area contributed by atoms with Crippen LogP contribution >= 0.6 is 0 Å². The number of carbonyl (C=O) groups excluding carboxylic acids is 1. The first-order valence-electron chi connectivity index (χ1n) is 11.5. The number of benzene rings is 1. The van der Waals surface area contributed by atoms with Gasteiger partial charge < -0.3 is 14.9 Å². The highest BCUT2D eigenvalue weighted by Gasteiger charge is 2.30. The first-order valence-corrected chi connectivity index (χ1v) is 11.5. The maximum Gasteiger partial charge on any atom is 0.389 e. The molecule has 0 radical (unpaired) electrons. The molecule has 1 aliphatic heterocycles. The quantitative estimate of drug-likeness (QED) is 0.462. The average molecular weight is 485 g/mol. The van der Waals surface area contributed by atoms with Gasteiger partial charge in [-0.3, -0.25) is 9.69 Å². The minimum atomic E-state index is -4.28. The number of likely N-dealkylation sites (tertiary alicyclic amines) is 1.